The van der Waals surface area contributed by atoms with Gasteiger partial charge in [-0.05, 0) is 43.4 Å². The highest BCUT2D eigenvalue weighted by molar-refractivity contribution is 7.88. The van der Waals surface area contributed by atoms with Crippen LogP contribution < -0.4 is 5.32 Å². The van der Waals surface area contributed by atoms with Gasteiger partial charge in [0.1, 0.15) is 0 Å². The Morgan fingerprint density at radius 3 is 2.32 bits per heavy atom. The molecule has 0 bridgehead atoms. The summed E-state index contributed by atoms with van der Waals surface area (Å²) in [7, 11) is -3.37. The van der Waals surface area contributed by atoms with Crippen LogP contribution in [0.25, 0.3) is 0 Å². The smallest absolute Gasteiger partial charge is 0.223 e. The van der Waals surface area contributed by atoms with E-state index in [1.54, 1.807) is 0 Å². The lowest BCUT2D eigenvalue weighted by Gasteiger charge is -2.31. The minimum Gasteiger partial charge on any atom is -0.349 e. The van der Waals surface area contributed by atoms with Crippen molar-refractivity contribution in [1.29, 1.82) is 0 Å². The maximum Gasteiger partial charge on any atom is 0.223 e. The summed E-state index contributed by atoms with van der Waals surface area (Å²) < 4.78 is 27.1. The molecule has 2 aromatic carbocycles. The van der Waals surface area contributed by atoms with Crippen LogP contribution in [0.15, 0.2) is 54.6 Å². The average molecular weight is 401 g/mol. The van der Waals surface area contributed by atoms with Gasteiger partial charge in [-0.25, -0.2) is 12.7 Å². The Morgan fingerprint density at radius 1 is 1.07 bits per heavy atom. The van der Waals surface area contributed by atoms with Crippen molar-refractivity contribution >= 4 is 15.9 Å². The molecule has 1 fully saturated rings. The molecule has 1 aliphatic rings. The molecule has 150 valence electrons. The number of carbonyl (C=O) groups excluding carboxylic acids is 1. The van der Waals surface area contributed by atoms with Gasteiger partial charge in [-0.15, -0.1) is 0 Å². The molecule has 5 nitrogen and oxygen atoms in total. The van der Waals surface area contributed by atoms with E-state index in [0.717, 1.165) is 16.7 Å². The molecule has 2 aromatic rings. The van der Waals surface area contributed by atoms with E-state index < -0.39 is 10.0 Å². The second-order valence-corrected chi connectivity index (χ2v) is 9.47. The second-order valence-electron chi connectivity index (χ2n) is 7.50. The number of sulfonamides is 1. The molecule has 1 N–H and O–H groups in total. The molecule has 3 rings (SSSR count). The van der Waals surface area contributed by atoms with Crippen molar-refractivity contribution < 1.29 is 13.2 Å². The molecule has 28 heavy (non-hydrogen) atoms. The maximum atomic E-state index is 12.8. The highest BCUT2D eigenvalue weighted by atomic mass is 32.2. The summed E-state index contributed by atoms with van der Waals surface area (Å²) in [4.78, 5) is 12.6. The molecule has 1 amide bonds. The topological polar surface area (TPSA) is 66.5 Å². The molecule has 1 heterocycles. The Balaban J connectivity index is 1.55. The van der Waals surface area contributed by atoms with E-state index in [4.69, 9.17) is 0 Å². The molecule has 0 aliphatic carbocycles. The van der Waals surface area contributed by atoms with Crippen LogP contribution in [-0.4, -0.2) is 31.7 Å². The third-order valence-corrected chi connectivity index (χ3v) is 7.30. The third kappa shape index (κ3) is 5.00. The van der Waals surface area contributed by atoms with Crippen LogP contribution >= 0.6 is 0 Å². The number of aryl methyl sites for hydroxylation is 1. The zero-order chi connectivity index (χ0) is 20.1. The van der Waals surface area contributed by atoms with Crippen molar-refractivity contribution in [3.8, 4) is 0 Å². The minimum absolute atomic E-state index is 0.00676. The van der Waals surface area contributed by atoms with Crippen LogP contribution in [0.5, 0.6) is 0 Å². The molecule has 0 radical (unpaired) electrons. The van der Waals surface area contributed by atoms with E-state index in [-0.39, 0.29) is 23.6 Å². The van der Waals surface area contributed by atoms with E-state index in [9.17, 15) is 13.2 Å². The number of benzene rings is 2. The third-order valence-electron chi connectivity index (χ3n) is 5.48. The normalized spacial score (nSPS) is 17.2. The van der Waals surface area contributed by atoms with Crippen molar-refractivity contribution in [1.82, 2.24) is 9.62 Å². The number of amides is 1. The van der Waals surface area contributed by atoms with E-state index in [1.807, 2.05) is 68.4 Å². The van der Waals surface area contributed by atoms with Crippen molar-refractivity contribution in [2.45, 2.75) is 38.5 Å². The van der Waals surface area contributed by atoms with Gasteiger partial charge in [-0.1, -0.05) is 54.6 Å². The fourth-order valence-electron chi connectivity index (χ4n) is 3.61. The second kappa shape index (κ2) is 8.88. The first kappa shape index (κ1) is 20.6. The summed E-state index contributed by atoms with van der Waals surface area (Å²) >= 11 is 0. The number of nitrogens with zero attached hydrogens (tertiary/aromatic N) is 1. The number of hydrogen-bond donors (Lipinski definition) is 1. The van der Waals surface area contributed by atoms with Crippen LogP contribution in [0.4, 0.5) is 0 Å². The fraction of sp³-hybridized carbons (Fsp3) is 0.409. The zero-order valence-electron chi connectivity index (χ0n) is 16.5. The van der Waals surface area contributed by atoms with Crippen molar-refractivity contribution in [3.63, 3.8) is 0 Å². The van der Waals surface area contributed by atoms with E-state index >= 15 is 0 Å². The molecule has 1 aliphatic heterocycles. The summed E-state index contributed by atoms with van der Waals surface area (Å²) in [5.41, 5.74) is 2.88. The SMILES string of the molecule is Cc1ccccc1CS(=O)(=O)N1CCC(C(=O)N[C@H](C)c2ccccc2)CC1. The number of rotatable bonds is 6. The van der Waals surface area contributed by atoms with Gasteiger partial charge in [-0.2, -0.15) is 0 Å². The van der Waals surface area contributed by atoms with Gasteiger partial charge >= 0.3 is 0 Å². The molecule has 1 saturated heterocycles. The van der Waals surface area contributed by atoms with Gasteiger partial charge in [0.25, 0.3) is 0 Å². The summed E-state index contributed by atoms with van der Waals surface area (Å²) in [5, 5.41) is 3.06. The summed E-state index contributed by atoms with van der Waals surface area (Å²) in [5.74, 6) is -0.120. The largest absolute Gasteiger partial charge is 0.349 e. The molecule has 0 spiro atoms. The standard InChI is InChI=1S/C22H28N2O3S/c1-17-8-6-7-11-21(17)16-28(26,27)24-14-12-20(13-15-24)22(25)23-18(2)19-9-4-3-5-10-19/h3-11,18,20H,12-16H2,1-2H3,(H,23,25)/t18-/m1/s1. The number of carbonyl (C=O) groups is 1. The molecule has 0 aromatic heterocycles. The van der Waals surface area contributed by atoms with E-state index in [0.29, 0.717) is 25.9 Å². The van der Waals surface area contributed by atoms with Crippen molar-refractivity contribution in [3.05, 3.63) is 71.3 Å². The first-order chi connectivity index (χ1) is 13.4. The molecular formula is C22H28N2O3S. The predicted molar refractivity (Wildman–Crippen MR) is 111 cm³/mol. The van der Waals surface area contributed by atoms with Crippen molar-refractivity contribution in [2.24, 2.45) is 5.92 Å². The van der Waals surface area contributed by atoms with Gasteiger partial charge in [-0.3, -0.25) is 4.79 Å². The van der Waals surface area contributed by atoms with Crippen LogP contribution in [0, 0.1) is 12.8 Å². The summed E-state index contributed by atoms with van der Waals surface area (Å²) in [6.45, 7) is 4.68. The van der Waals surface area contributed by atoms with Crippen LogP contribution in [0.3, 0.4) is 0 Å². The summed E-state index contributed by atoms with van der Waals surface area (Å²) in [6, 6.07) is 17.3. The Hall–Kier alpha value is -2.18. The van der Waals surface area contributed by atoms with Gasteiger partial charge in [0.2, 0.25) is 15.9 Å². The Bertz CT molecular complexity index is 904. The van der Waals surface area contributed by atoms with Gasteiger partial charge < -0.3 is 5.32 Å². The molecule has 0 unspecified atom stereocenters. The van der Waals surface area contributed by atoms with Crippen LogP contribution in [0.1, 0.15) is 42.5 Å². The Morgan fingerprint density at radius 2 is 1.68 bits per heavy atom. The Kier molecular flexibility index (Phi) is 6.52. The van der Waals surface area contributed by atoms with E-state index in [2.05, 4.69) is 5.32 Å². The molecular weight excluding hydrogens is 372 g/mol. The zero-order valence-corrected chi connectivity index (χ0v) is 17.3. The highest BCUT2D eigenvalue weighted by Crippen LogP contribution is 2.23. The predicted octanol–water partition coefficient (Wildman–Crippen LogP) is 3.41. The first-order valence-electron chi connectivity index (χ1n) is 9.74. The molecule has 0 saturated carbocycles. The maximum absolute atomic E-state index is 12.8. The van der Waals surface area contributed by atoms with Gasteiger partial charge in [0, 0.05) is 19.0 Å². The average Bonchev–Trinajstić information content (AvgIpc) is 2.70. The van der Waals surface area contributed by atoms with Gasteiger partial charge in [0.15, 0.2) is 0 Å². The first-order valence-corrected chi connectivity index (χ1v) is 11.4. The molecule has 6 heteroatoms. The van der Waals surface area contributed by atoms with Crippen molar-refractivity contribution in [2.75, 3.05) is 13.1 Å². The lowest BCUT2D eigenvalue weighted by molar-refractivity contribution is -0.126. The number of piperidine rings is 1. The van der Waals surface area contributed by atoms with E-state index in [1.165, 1.54) is 4.31 Å². The van der Waals surface area contributed by atoms with Gasteiger partial charge in [0.05, 0.1) is 11.8 Å². The lowest BCUT2D eigenvalue weighted by Crippen LogP contribution is -2.43. The number of hydrogen-bond acceptors (Lipinski definition) is 3. The van der Waals surface area contributed by atoms with Crippen LogP contribution in [0.2, 0.25) is 0 Å². The Labute approximate surface area is 167 Å². The minimum atomic E-state index is -3.37. The van der Waals surface area contributed by atoms with Crippen LogP contribution in [-0.2, 0) is 20.6 Å². The monoisotopic (exact) mass is 400 g/mol. The summed E-state index contributed by atoms with van der Waals surface area (Å²) in [6.07, 6.45) is 1.11. The highest BCUT2D eigenvalue weighted by Gasteiger charge is 2.31. The number of nitrogens with one attached hydrogen (secondary N) is 1. The molecule has 1 atom stereocenters. The quantitative estimate of drug-likeness (QED) is 0.808. The lowest BCUT2D eigenvalue weighted by atomic mass is 9.96. The fourth-order valence-corrected chi connectivity index (χ4v) is 5.28.